The maximum atomic E-state index is 12.5. The summed E-state index contributed by atoms with van der Waals surface area (Å²) in [7, 11) is 2.84. The molecule has 9 heteroatoms. The number of esters is 1. The van der Waals surface area contributed by atoms with E-state index in [2.05, 4.69) is 10.6 Å². The van der Waals surface area contributed by atoms with E-state index in [1.165, 1.54) is 38.7 Å². The SMILES string of the molecule is COc1cc(NC(=O)c2ccco2)c(C(=O)OCC(=O)NC2CC2)cc1OC. The zero-order valence-electron chi connectivity index (χ0n) is 15.4. The quantitative estimate of drug-likeness (QED) is 0.664. The molecule has 9 nitrogen and oxygen atoms in total. The summed E-state index contributed by atoms with van der Waals surface area (Å²) in [5, 5.41) is 5.30. The molecule has 2 aromatic rings. The van der Waals surface area contributed by atoms with Gasteiger partial charge in [0.15, 0.2) is 23.9 Å². The first-order valence-corrected chi connectivity index (χ1v) is 8.59. The van der Waals surface area contributed by atoms with Crippen LogP contribution in [0.15, 0.2) is 34.9 Å². The molecule has 1 saturated carbocycles. The van der Waals surface area contributed by atoms with E-state index < -0.39 is 18.5 Å². The predicted octanol–water partition coefficient (Wildman–Crippen LogP) is 1.98. The summed E-state index contributed by atoms with van der Waals surface area (Å²) < 4.78 is 20.6. The highest BCUT2D eigenvalue weighted by Gasteiger charge is 2.25. The molecule has 0 bridgehead atoms. The fourth-order valence-electron chi connectivity index (χ4n) is 2.45. The predicted molar refractivity (Wildman–Crippen MR) is 97.7 cm³/mol. The molecule has 28 heavy (non-hydrogen) atoms. The minimum Gasteiger partial charge on any atom is -0.493 e. The average molecular weight is 388 g/mol. The van der Waals surface area contributed by atoms with Gasteiger partial charge in [0.25, 0.3) is 11.8 Å². The van der Waals surface area contributed by atoms with Crippen molar-refractivity contribution in [2.45, 2.75) is 18.9 Å². The van der Waals surface area contributed by atoms with Gasteiger partial charge in [0.1, 0.15) is 0 Å². The van der Waals surface area contributed by atoms with Crippen LogP contribution in [-0.2, 0) is 9.53 Å². The van der Waals surface area contributed by atoms with Crippen molar-refractivity contribution in [1.82, 2.24) is 5.32 Å². The summed E-state index contributed by atoms with van der Waals surface area (Å²) in [4.78, 5) is 36.6. The second-order valence-corrected chi connectivity index (χ2v) is 6.10. The number of carbonyl (C=O) groups is 3. The average Bonchev–Trinajstić information content (AvgIpc) is 3.32. The van der Waals surface area contributed by atoms with Gasteiger partial charge in [0.2, 0.25) is 0 Å². The molecule has 1 aromatic carbocycles. The highest BCUT2D eigenvalue weighted by Crippen LogP contribution is 2.34. The van der Waals surface area contributed by atoms with Gasteiger partial charge in [-0.2, -0.15) is 0 Å². The van der Waals surface area contributed by atoms with Crippen LogP contribution in [-0.4, -0.2) is 44.7 Å². The van der Waals surface area contributed by atoms with E-state index in [1.54, 1.807) is 6.07 Å². The lowest BCUT2D eigenvalue weighted by atomic mass is 10.1. The number of furan rings is 1. The Hall–Kier alpha value is -3.49. The largest absolute Gasteiger partial charge is 0.493 e. The van der Waals surface area contributed by atoms with Crippen molar-refractivity contribution in [1.29, 1.82) is 0 Å². The van der Waals surface area contributed by atoms with Crippen molar-refractivity contribution < 1.29 is 33.0 Å². The first-order chi connectivity index (χ1) is 13.5. The summed E-state index contributed by atoms with van der Waals surface area (Å²) >= 11 is 0. The normalized spacial score (nSPS) is 12.8. The minimum absolute atomic E-state index is 0.0109. The summed E-state index contributed by atoms with van der Waals surface area (Å²) in [6.45, 7) is -0.421. The van der Waals surface area contributed by atoms with Crippen molar-refractivity contribution >= 4 is 23.5 Å². The zero-order valence-corrected chi connectivity index (χ0v) is 15.4. The van der Waals surface area contributed by atoms with Crippen LogP contribution in [0.4, 0.5) is 5.69 Å². The van der Waals surface area contributed by atoms with Crippen LogP contribution in [0.3, 0.4) is 0 Å². The molecule has 0 radical (unpaired) electrons. The van der Waals surface area contributed by atoms with E-state index in [0.717, 1.165) is 12.8 Å². The number of ether oxygens (including phenoxy) is 3. The summed E-state index contributed by atoms with van der Waals surface area (Å²) in [6, 6.07) is 6.02. The van der Waals surface area contributed by atoms with Crippen LogP contribution >= 0.6 is 0 Å². The lowest BCUT2D eigenvalue weighted by molar-refractivity contribution is -0.124. The number of hydrogen-bond acceptors (Lipinski definition) is 7. The molecule has 0 aliphatic heterocycles. The maximum Gasteiger partial charge on any atom is 0.340 e. The number of amides is 2. The molecule has 2 amide bonds. The van der Waals surface area contributed by atoms with Crippen molar-refractivity contribution in [3.8, 4) is 11.5 Å². The van der Waals surface area contributed by atoms with Crippen LogP contribution in [0, 0.1) is 0 Å². The van der Waals surface area contributed by atoms with E-state index in [-0.39, 0.29) is 34.7 Å². The third-order valence-corrected chi connectivity index (χ3v) is 4.01. The van der Waals surface area contributed by atoms with Gasteiger partial charge in [-0.05, 0) is 25.0 Å². The Bertz CT molecular complexity index is 873. The molecular formula is C19H20N2O7. The number of methoxy groups -OCH3 is 2. The molecule has 0 saturated heterocycles. The summed E-state index contributed by atoms with van der Waals surface area (Å²) in [5.74, 6) is -1.08. The fraction of sp³-hybridized carbons (Fsp3) is 0.316. The summed E-state index contributed by atoms with van der Waals surface area (Å²) in [6.07, 6.45) is 3.22. The number of benzene rings is 1. The monoisotopic (exact) mass is 388 g/mol. The smallest absolute Gasteiger partial charge is 0.340 e. The highest BCUT2D eigenvalue weighted by molar-refractivity contribution is 6.07. The van der Waals surface area contributed by atoms with Gasteiger partial charge in [-0.1, -0.05) is 0 Å². The third-order valence-electron chi connectivity index (χ3n) is 4.01. The molecular weight excluding hydrogens is 368 g/mol. The lowest BCUT2D eigenvalue weighted by Gasteiger charge is -2.15. The van der Waals surface area contributed by atoms with Crippen molar-refractivity contribution in [2.75, 3.05) is 26.1 Å². The maximum absolute atomic E-state index is 12.5. The van der Waals surface area contributed by atoms with Crippen LogP contribution in [0.5, 0.6) is 11.5 Å². The molecule has 1 heterocycles. The van der Waals surface area contributed by atoms with E-state index in [1.807, 2.05) is 0 Å². The molecule has 0 atom stereocenters. The molecule has 1 aliphatic carbocycles. The molecule has 0 spiro atoms. The number of carbonyl (C=O) groups excluding carboxylic acids is 3. The van der Waals surface area contributed by atoms with E-state index in [9.17, 15) is 14.4 Å². The van der Waals surface area contributed by atoms with E-state index >= 15 is 0 Å². The Morgan fingerprint density at radius 2 is 1.86 bits per heavy atom. The van der Waals surface area contributed by atoms with Gasteiger partial charge in [0.05, 0.1) is 31.7 Å². The highest BCUT2D eigenvalue weighted by atomic mass is 16.5. The molecule has 3 rings (SSSR count). The van der Waals surface area contributed by atoms with Crippen LogP contribution in [0.25, 0.3) is 0 Å². The molecule has 1 aliphatic rings. The van der Waals surface area contributed by atoms with Crippen LogP contribution in [0.2, 0.25) is 0 Å². The Balaban J connectivity index is 1.80. The molecule has 2 N–H and O–H groups in total. The third kappa shape index (κ3) is 4.61. The van der Waals surface area contributed by atoms with Crippen molar-refractivity contribution in [3.05, 3.63) is 41.9 Å². The van der Waals surface area contributed by atoms with Gasteiger partial charge < -0.3 is 29.3 Å². The number of hydrogen-bond donors (Lipinski definition) is 2. The van der Waals surface area contributed by atoms with Crippen molar-refractivity contribution in [2.24, 2.45) is 0 Å². The fourth-order valence-corrected chi connectivity index (χ4v) is 2.45. The topological polar surface area (TPSA) is 116 Å². The first kappa shape index (κ1) is 19.3. The molecule has 1 fully saturated rings. The summed E-state index contributed by atoms with van der Waals surface area (Å²) in [5.41, 5.74) is 0.142. The van der Waals surface area contributed by atoms with Crippen molar-refractivity contribution in [3.63, 3.8) is 0 Å². The van der Waals surface area contributed by atoms with E-state index in [4.69, 9.17) is 18.6 Å². The van der Waals surface area contributed by atoms with E-state index in [0.29, 0.717) is 5.75 Å². The zero-order chi connectivity index (χ0) is 20.1. The van der Waals surface area contributed by atoms with Gasteiger partial charge in [0, 0.05) is 18.2 Å². The molecule has 148 valence electrons. The lowest BCUT2D eigenvalue weighted by Crippen LogP contribution is -2.30. The number of rotatable bonds is 8. The molecule has 1 aromatic heterocycles. The number of anilines is 1. The number of nitrogens with one attached hydrogen (secondary N) is 2. The van der Waals surface area contributed by atoms with Crippen LogP contribution in [0.1, 0.15) is 33.8 Å². The second-order valence-electron chi connectivity index (χ2n) is 6.10. The van der Waals surface area contributed by atoms with Gasteiger partial charge >= 0.3 is 5.97 Å². The van der Waals surface area contributed by atoms with Gasteiger partial charge in [-0.3, -0.25) is 9.59 Å². The standard InChI is InChI=1S/C19H20N2O7/c1-25-15-8-12(19(24)28-10-17(22)20-11-5-6-11)13(9-16(15)26-2)21-18(23)14-4-3-7-27-14/h3-4,7-9,11H,5-6,10H2,1-2H3,(H,20,22)(H,21,23). The van der Waals surface area contributed by atoms with Gasteiger partial charge in [-0.15, -0.1) is 0 Å². The Labute approximate surface area is 160 Å². The first-order valence-electron chi connectivity index (χ1n) is 8.59. The Morgan fingerprint density at radius 1 is 1.14 bits per heavy atom. The second kappa shape index (κ2) is 8.47. The van der Waals surface area contributed by atoms with Crippen LogP contribution < -0.4 is 20.1 Å². The molecule has 0 unspecified atom stereocenters. The Morgan fingerprint density at radius 3 is 2.46 bits per heavy atom. The van der Waals surface area contributed by atoms with Gasteiger partial charge in [-0.25, -0.2) is 4.79 Å². The Kier molecular flexibility index (Phi) is 5.83. The minimum atomic E-state index is -0.790.